The van der Waals surface area contributed by atoms with Crippen LogP contribution in [-0.2, 0) is 0 Å². The SMILES string of the molecule is OC(CCCl)Nc1ccc(Cl)nc1-c1cc2c(F)cccc2[nH]1. The maximum Gasteiger partial charge on any atom is 0.132 e. The second-order valence-electron chi connectivity index (χ2n) is 5.05. The first-order valence-electron chi connectivity index (χ1n) is 7.03. The number of nitrogens with zero attached hydrogens (tertiary/aromatic N) is 1. The fraction of sp³-hybridized carbons (Fsp3) is 0.188. The topological polar surface area (TPSA) is 60.9 Å². The number of aromatic amines is 1. The van der Waals surface area contributed by atoms with Crippen molar-refractivity contribution in [1.82, 2.24) is 9.97 Å². The van der Waals surface area contributed by atoms with Crippen molar-refractivity contribution in [2.75, 3.05) is 11.2 Å². The third kappa shape index (κ3) is 3.42. The summed E-state index contributed by atoms with van der Waals surface area (Å²) in [6, 6.07) is 9.81. The third-order valence-corrected chi connectivity index (χ3v) is 3.86. The number of hydrogen-bond acceptors (Lipinski definition) is 3. The molecule has 0 fully saturated rings. The van der Waals surface area contributed by atoms with Gasteiger partial charge in [-0.15, -0.1) is 11.6 Å². The van der Waals surface area contributed by atoms with E-state index >= 15 is 0 Å². The molecule has 0 radical (unpaired) electrons. The number of rotatable bonds is 5. The van der Waals surface area contributed by atoms with Crippen molar-refractivity contribution < 1.29 is 9.50 Å². The van der Waals surface area contributed by atoms with Gasteiger partial charge in [-0.25, -0.2) is 9.37 Å². The van der Waals surface area contributed by atoms with Crippen LogP contribution in [0.4, 0.5) is 10.1 Å². The van der Waals surface area contributed by atoms with E-state index in [1.54, 1.807) is 30.3 Å². The number of pyridine rings is 1. The fourth-order valence-corrected chi connectivity index (χ4v) is 2.71. The summed E-state index contributed by atoms with van der Waals surface area (Å²) in [4.78, 5) is 7.40. The molecule has 1 aromatic carbocycles. The second-order valence-corrected chi connectivity index (χ2v) is 5.82. The molecular weight excluding hydrogens is 340 g/mol. The lowest BCUT2D eigenvalue weighted by atomic mass is 10.2. The minimum Gasteiger partial charge on any atom is -0.374 e. The molecule has 0 amide bonds. The summed E-state index contributed by atoms with van der Waals surface area (Å²) in [5, 5.41) is 13.6. The van der Waals surface area contributed by atoms with E-state index in [1.807, 2.05) is 0 Å². The van der Waals surface area contributed by atoms with Crippen LogP contribution < -0.4 is 5.32 Å². The van der Waals surface area contributed by atoms with Crippen LogP contribution in [0, 0.1) is 5.82 Å². The van der Waals surface area contributed by atoms with Crippen LogP contribution in [0.3, 0.4) is 0 Å². The Labute approximate surface area is 142 Å². The highest BCUT2D eigenvalue weighted by molar-refractivity contribution is 6.29. The van der Waals surface area contributed by atoms with Gasteiger partial charge in [-0.3, -0.25) is 0 Å². The zero-order valence-corrected chi connectivity index (χ0v) is 13.5. The first kappa shape index (κ1) is 16.1. The number of aromatic nitrogens is 2. The summed E-state index contributed by atoms with van der Waals surface area (Å²) in [5.41, 5.74) is 2.35. The Bertz CT molecular complexity index is 837. The summed E-state index contributed by atoms with van der Waals surface area (Å²) >= 11 is 11.6. The number of alkyl halides is 1. The lowest BCUT2D eigenvalue weighted by Gasteiger charge is -2.15. The first-order valence-corrected chi connectivity index (χ1v) is 7.94. The fourth-order valence-electron chi connectivity index (χ4n) is 2.36. The molecule has 0 aliphatic heterocycles. The summed E-state index contributed by atoms with van der Waals surface area (Å²) in [5.74, 6) is 0.00554. The van der Waals surface area contributed by atoms with Gasteiger partial charge in [-0.1, -0.05) is 17.7 Å². The molecule has 0 aliphatic carbocycles. The van der Waals surface area contributed by atoms with Crippen molar-refractivity contribution >= 4 is 39.8 Å². The normalized spacial score (nSPS) is 12.5. The Morgan fingerprint density at radius 1 is 1.30 bits per heavy atom. The molecule has 120 valence electrons. The Hall–Kier alpha value is -1.82. The van der Waals surface area contributed by atoms with Crippen LogP contribution >= 0.6 is 23.2 Å². The highest BCUT2D eigenvalue weighted by atomic mass is 35.5. The zero-order chi connectivity index (χ0) is 16.4. The highest BCUT2D eigenvalue weighted by Crippen LogP contribution is 2.31. The quantitative estimate of drug-likeness (QED) is 0.362. The average molecular weight is 354 g/mol. The van der Waals surface area contributed by atoms with Gasteiger partial charge in [-0.2, -0.15) is 0 Å². The van der Waals surface area contributed by atoms with E-state index in [9.17, 15) is 9.50 Å². The molecule has 0 saturated carbocycles. The Balaban J connectivity index is 2.06. The van der Waals surface area contributed by atoms with Gasteiger partial charge < -0.3 is 15.4 Å². The first-order chi connectivity index (χ1) is 11.1. The Kier molecular flexibility index (Phi) is 4.71. The van der Waals surface area contributed by atoms with Crippen LogP contribution in [0.1, 0.15) is 6.42 Å². The monoisotopic (exact) mass is 353 g/mol. The van der Waals surface area contributed by atoms with E-state index in [0.717, 1.165) is 0 Å². The Morgan fingerprint density at radius 3 is 2.87 bits per heavy atom. The number of hydrogen-bond donors (Lipinski definition) is 3. The number of anilines is 1. The van der Waals surface area contributed by atoms with Gasteiger partial charge in [0.15, 0.2) is 0 Å². The lowest BCUT2D eigenvalue weighted by Crippen LogP contribution is -2.19. The minimum absolute atomic E-state index is 0.302. The highest BCUT2D eigenvalue weighted by Gasteiger charge is 2.14. The van der Waals surface area contributed by atoms with Gasteiger partial charge in [0.25, 0.3) is 0 Å². The summed E-state index contributed by atoms with van der Waals surface area (Å²) < 4.78 is 13.9. The lowest BCUT2D eigenvalue weighted by molar-refractivity contribution is 0.200. The van der Waals surface area contributed by atoms with Crippen LogP contribution in [0.15, 0.2) is 36.4 Å². The number of benzene rings is 1. The molecule has 2 aromatic heterocycles. The predicted octanol–water partition coefficient (Wildman–Crippen LogP) is 4.38. The predicted molar refractivity (Wildman–Crippen MR) is 91.5 cm³/mol. The molecule has 4 nitrogen and oxygen atoms in total. The molecule has 0 saturated heterocycles. The summed E-state index contributed by atoms with van der Waals surface area (Å²) in [7, 11) is 0. The van der Waals surface area contributed by atoms with E-state index in [4.69, 9.17) is 23.2 Å². The molecule has 0 spiro atoms. The van der Waals surface area contributed by atoms with Gasteiger partial charge >= 0.3 is 0 Å². The molecule has 3 rings (SSSR count). The van der Waals surface area contributed by atoms with Crippen LogP contribution in [-0.4, -0.2) is 27.2 Å². The van der Waals surface area contributed by atoms with Crippen molar-refractivity contribution in [3.8, 4) is 11.4 Å². The molecule has 23 heavy (non-hydrogen) atoms. The molecule has 7 heteroatoms. The van der Waals surface area contributed by atoms with Crippen molar-refractivity contribution in [1.29, 1.82) is 0 Å². The average Bonchev–Trinajstić information content (AvgIpc) is 2.95. The van der Waals surface area contributed by atoms with Crippen molar-refractivity contribution in [2.45, 2.75) is 12.6 Å². The van der Waals surface area contributed by atoms with Gasteiger partial charge in [-0.05, 0) is 30.3 Å². The molecule has 0 aliphatic rings. The van der Waals surface area contributed by atoms with Gasteiger partial charge in [0.1, 0.15) is 22.9 Å². The number of nitrogens with one attached hydrogen (secondary N) is 2. The molecule has 3 N–H and O–H groups in total. The number of aliphatic hydroxyl groups is 1. The Morgan fingerprint density at radius 2 is 2.13 bits per heavy atom. The number of halogens is 3. The van der Waals surface area contributed by atoms with Gasteiger partial charge in [0.2, 0.25) is 0 Å². The smallest absolute Gasteiger partial charge is 0.132 e. The van der Waals surface area contributed by atoms with Gasteiger partial charge in [0.05, 0.1) is 11.4 Å². The molecule has 1 atom stereocenters. The summed E-state index contributed by atoms with van der Waals surface area (Å²) in [6.45, 7) is 0. The van der Waals surface area contributed by atoms with Crippen LogP contribution in [0.2, 0.25) is 5.15 Å². The van der Waals surface area contributed by atoms with Crippen molar-refractivity contribution in [3.05, 3.63) is 47.4 Å². The number of H-pyrrole nitrogens is 1. The molecular formula is C16H14Cl2FN3O. The van der Waals surface area contributed by atoms with E-state index in [1.165, 1.54) is 6.07 Å². The molecule has 2 heterocycles. The van der Waals surface area contributed by atoms with Crippen molar-refractivity contribution in [3.63, 3.8) is 0 Å². The molecule has 1 unspecified atom stereocenters. The third-order valence-electron chi connectivity index (χ3n) is 3.43. The zero-order valence-electron chi connectivity index (χ0n) is 12.0. The van der Waals surface area contributed by atoms with E-state index in [2.05, 4.69) is 15.3 Å². The summed E-state index contributed by atoms with van der Waals surface area (Å²) in [6.07, 6.45) is -0.430. The largest absolute Gasteiger partial charge is 0.374 e. The molecule has 3 aromatic rings. The van der Waals surface area contributed by atoms with Crippen molar-refractivity contribution in [2.24, 2.45) is 0 Å². The van der Waals surface area contributed by atoms with E-state index in [-0.39, 0.29) is 5.82 Å². The standard InChI is InChI=1S/C16H14Cl2FN3O/c17-7-6-15(23)21-12-4-5-14(18)22-16(12)13-8-9-10(19)2-1-3-11(9)20-13/h1-5,8,15,20-21,23H,6-7H2. The maximum atomic E-state index is 13.9. The van der Waals surface area contributed by atoms with Crippen LogP contribution in [0.5, 0.6) is 0 Å². The van der Waals surface area contributed by atoms with E-state index in [0.29, 0.717) is 45.4 Å². The van der Waals surface area contributed by atoms with Crippen LogP contribution in [0.25, 0.3) is 22.3 Å². The second kappa shape index (κ2) is 6.74. The number of aliphatic hydroxyl groups excluding tert-OH is 1. The van der Waals surface area contributed by atoms with Gasteiger partial charge in [0, 0.05) is 23.2 Å². The number of fused-ring (bicyclic) bond motifs is 1. The van der Waals surface area contributed by atoms with E-state index < -0.39 is 6.23 Å². The maximum absolute atomic E-state index is 13.9. The molecule has 0 bridgehead atoms. The minimum atomic E-state index is -0.810.